The summed E-state index contributed by atoms with van der Waals surface area (Å²) in [6.07, 6.45) is -18.5. The molecule has 0 unspecified atom stereocenters. The highest BCUT2D eigenvalue weighted by Crippen LogP contribution is 2.50. The smallest absolute Gasteiger partial charge is 0.416 e. The number of fused-ring (bicyclic) bond motifs is 9. The summed E-state index contributed by atoms with van der Waals surface area (Å²) >= 11 is 0. The van der Waals surface area contributed by atoms with E-state index < -0.39 is 47.0 Å². The molecule has 0 saturated carbocycles. The molecule has 0 aliphatic carbocycles. The number of alkyl halides is 12. The van der Waals surface area contributed by atoms with Crippen LogP contribution < -0.4 is 9.80 Å². The maximum Gasteiger partial charge on any atom is 0.416 e. The molecule has 9 aromatic carbocycles. The Morgan fingerprint density at radius 3 is 0.829 bits per heavy atom. The van der Waals surface area contributed by atoms with Crippen molar-refractivity contribution in [3.63, 3.8) is 0 Å². The molecule has 4 nitrogen and oxygen atoms in total. The van der Waals surface area contributed by atoms with Crippen molar-refractivity contribution < 1.29 is 61.5 Å². The van der Waals surface area contributed by atoms with Crippen LogP contribution >= 0.6 is 0 Å². The molecule has 386 valence electrons. The topological polar surface area (TPSA) is 32.8 Å². The lowest BCUT2D eigenvalue weighted by atomic mass is 9.84. The lowest BCUT2D eigenvalue weighted by Gasteiger charge is -2.26. The Kier molecular flexibility index (Phi) is 11.7. The van der Waals surface area contributed by atoms with Crippen molar-refractivity contribution in [3.8, 4) is 0 Å². The summed E-state index contributed by atoms with van der Waals surface area (Å²) in [5.74, 6) is -0.0583. The lowest BCUT2D eigenvalue weighted by molar-refractivity contribution is -0.138. The Morgan fingerprint density at radius 1 is 0.316 bits per heavy atom. The molecule has 0 aliphatic heterocycles. The Labute approximate surface area is 424 Å². The van der Waals surface area contributed by atoms with Gasteiger partial charge in [-0.1, -0.05) is 39.8 Å². The van der Waals surface area contributed by atoms with E-state index in [2.05, 4.69) is 27.7 Å². The number of hydrogen-bond acceptors (Lipinski definition) is 4. The van der Waals surface area contributed by atoms with Gasteiger partial charge in [-0.2, -0.15) is 52.7 Å². The molecule has 0 saturated heterocycles. The fourth-order valence-corrected chi connectivity index (χ4v) is 10.3. The Morgan fingerprint density at radius 2 is 0.579 bits per heavy atom. The molecule has 0 aliphatic rings. The standard InChI is InChI=1S/C60H40F12N2O2/c1-31(2)51-52(32(3)4)54-48-28-34-6-16-46(74(43-21-11-39(12-22-43)59(67,68)69)44-23-13-40(14-24-44)60(70,71)72)26-36(34)30-50(48)76-56(54)55-53(51)47-27-33-5-15-45(25-35(33)29-49(47)75-55)73(41-17-7-37(8-18-41)57(61,62)63)42-19-9-38(10-20-42)58(64,65)66/h5-32H,1-4H3. The second-order valence-electron chi connectivity index (χ2n) is 19.4. The van der Waals surface area contributed by atoms with Crippen LogP contribution in [0.4, 0.5) is 86.8 Å². The third kappa shape index (κ3) is 8.76. The fraction of sp³-hybridized carbons (Fsp3) is 0.167. The maximum absolute atomic E-state index is 13.7. The monoisotopic (exact) mass is 1050 g/mol. The minimum Gasteiger partial charge on any atom is -0.452 e. The van der Waals surface area contributed by atoms with Gasteiger partial charge in [0.15, 0.2) is 11.2 Å². The van der Waals surface area contributed by atoms with Gasteiger partial charge in [0.2, 0.25) is 0 Å². The van der Waals surface area contributed by atoms with Crippen molar-refractivity contribution in [2.75, 3.05) is 9.80 Å². The molecule has 0 atom stereocenters. The summed E-state index contributed by atoms with van der Waals surface area (Å²) in [4.78, 5) is 3.14. The van der Waals surface area contributed by atoms with E-state index in [1.807, 2.05) is 36.4 Å². The molecule has 0 spiro atoms. The van der Waals surface area contributed by atoms with Gasteiger partial charge in [0.1, 0.15) is 11.2 Å². The van der Waals surface area contributed by atoms with Crippen molar-refractivity contribution in [2.45, 2.75) is 64.2 Å². The van der Waals surface area contributed by atoms with Crippen LogP contribution in [0.5, 0.6) is 0 Å². The minimum absolute atomic E-state index is 0.0291. The van der Waals surface area contributed by atoms with Gasteiger partial charge in [-0.3, -0.25) is 0 Å². The zero-order chi connectivity index (χ0) is 54.0. The highest BCUT2D eigenvalue weighted by atomic mass is 19.4. The molecule has 0 radical (unpaired) electrons. The molecule has 0 N–H and O–H groups in total. The van der Waals surface area contributed by atoms with Crippen LogP contribution in [-0.2, 0) is 24.7 Å². The van der Waals surface area contributed by atoms with Gasteiger partial charge >= 0.3 is 24.7 Å². The van der Waals surface area contributed by atoms with Crippen LogP contribution in [0.25, 0.3) is 65.4 Å². The van der Waals surface area contributed by atoms with Gasteiger partial charge in [-0.05, 0) is 190 Å². The predicted octanol–water partition coefficient (Wildman–Crippen LogP) is 21.1. The molecule has 0 bridgehead atoms. The molecule has 0 amide bonds. The summed E-state index contributed by atoms with van der Waals surface area (Å²) in [6, 6.07) is 35.7. The predicted molar refractivity (Wildman–Crippen MR) is 274 cm³/mol. The van der Waals surface area contributed by atoms with E-state index in [1.165, 1.54) is 48.5 Å². The first-order chi connectivity index (χ1) is 35.8. The van der Waals surface area contributed by atoms with Crippen LogP contribution in [0.3, 0.4) is 0 Å². The van der Waals surface area contributed by atoms with E-state index >= 15 is 0 Å². The molecule has 2 heterocycles. The fourth-order valence-electron chi connectivity index (χ4n) is 10.3. The first-order valence-electron chi connectivity index (χ1n) is 23.9. The minimum atomic E-state index is -4.62. The Bertz CT molecular complexity index is 3650. The van der Waals surface area contributed by atoms with Gasteiger partial charge < -0.3 is 18.6 Å². The number of furan rings is 2. The molecule has 0 fully saturated rings. The second kappa shape index (κ2) is 17.7. The second-order valence-corrected chi connectivity index (χ2v) is 19.4. The van der Waals surface area contributed by atoms with Crippen LogP contribution in [0.1, 0.15) is 72.9 Å². The third-order valence-corrected chi connectivity index (χ3v) is 13.8. The molecule has 16 heteroatoms. The summed E-state index contributed by atoms with van der Waals surface area (Å²) in [5, 5.41) is 6.09. The quantitative estimate of drug-likeness (QED) is 0.142. The summed E-state index contributed by atoms with van der Waals surface area (Å²) in [6.45, 7) is 8.37. The Balaban J connectivity index is 1.07. The van der Waals surface area contributed by atoms with Gasteiger partial charge in [0.05, 0.1) is 22.3 Å². The van der Waals surface area contributed by atoms with Crippen molar-refractivity contribution in [1.82, 2.24) is 0 Å². The zero-order valence-electron chi connectivity index (χ0n) is 40.4. The number of rotatable bonds is 8. The van der Waals surface area contributed by atoms with E-state index in [0.717, 1.165) is 92.0 Å². The highest BCUT2D eigenvalue weighted by molar-refractivity contribution is 6.24. The van der Waals surface area contributed by atoms with Gasteiger partial charge in [0.25, 0.3) is 0 Å². The van der Waals surface area contributed by atoms with E-state index in [-0.39, 0.29) is 34.6 Å². The summed E-state index contributed by atoms with van der Waals surface area (Å²) < 4.78 is 177. The van der Waals surface area contributed by atoms with Crippen molar-refractivity contribution in [3.05, 3.63) is 191 Å². The molecule has 11 aromatic rings. The van der Waals surface area contributed by atoms with Crippen LogP contribution in [0, 0.1) is 0 Å². The van der Waals surface area contributed by atoms with Gasteiger partial charge in [0, 0.05) is 55.7 Å². The average molecular weight is 1050 g/mol. The van der Waals surface area contributed by atoms with Crippen LogP contribution in [0.15, 0.2) is 167 Å². The van der Waals surface area contributed by atoms with Crippen LogP contribution in [0.2, 0.25) is 0 Å². The number of hydrogen-bond donors (Lipinski definition) is 0. The maximum atomic E-state index is 13.7. The normalized spacial score (nSPS) is 13.0. The number of benzene rings is 9. The van der Waals surface area contributed by atoms with E-state index in [9.17, 15) is 52.7 Å². The first kappa shape index (κ1) is 50.0. The van der Waals surface area contributed by atoms with Gasteiger partial charge in [-0.15, -0.1) is 0 Å². The van der Waals surface area contributed by atoms with E-state index in [4.69, 9.17) is 8.83 Å². The third-order valence-electron chi connectivity index (χ3n) is 13.8. The summed E-state index contributed by atoms with van der Waals surface area (Å²) in [7, 11) is 0. The molecule has 11 rings (SSSR count). The number of nitrogens with zero attached hydrogens (tertiary/aromatic N) is 2. The number of halogens is 12. The van der Waals surface area contributed by atoms with Crippen molar-refractivity contribution in [1.29, 1.82) is 0 Å². The Hall–Kier alpha value is -8.14. The number of anilines is 6. The molecule has 2 aromatic heterocycles. The molecular weight excluding hydrogens is 1010 g/mol. The molecule has 76 heavy (non-hydrogen) atoms. The largest absolute Gasteiger partial charge is 0.452 e. The zero-order valence-corrected chi connectivity index (χ0v) is 40.4. The average Bonchev–Trinajstić information content (AvgIpc) is 4.01. The van der Waals surface area contributed by atoms with Gasteiger partial charge in [-0.25, -0.2) is 0 Å². The first-order valence-corrected chi connectivity index (χ1v) is 23.9. The van der Waals surface area contributed by atoms with Crippen molar-refractivity contribution >= 4 is 99.5 Å². The summed E-state index contributed by atoms with van der Waals surface area (Å²) in [5.41, 5.74) is 2.40. The van der Waals surface area contributed by atoms with E-state index in [0.29, 0.717) is 44.5 Å². The van der Waals surface area contributed by atoms with E-state index in [1.54, 1.807) is 34.1 Å². The van der Waals surface area contributed by atoms with Crippen molar-refractivity contribution in [2.24, 2.45) is 0 Å². The SMILES string of the molecule is CC(C)c1c(C(C)C)c2c3cc4ccc(N(c5ccc(C(F)(F)F)cc5)c5ccc(C(F)(F)F)cc5)cc4cc3oc2c2oc3cc4cc(N(c5ccc(C(F)(F)F)cc5)c5ccc(C(F)(F)F)cc5)ccc4cc3c12. The molecular formula is C60H40F12N2O2. The lowest BCUT2D eigenvalue weighted by Crippen LogP contribution is -2.12. The highest BCUT2D eigenvalue weighted by Gasteiger charge is 2.34. The van der Waals surface area contributed by atoms with Crippen LogP contribution in [-0.4, -0.2) is 0 Å².